The molecule has 3 aromatic rings. The van der Waals surface area contributed by atoms with E-state index in [0.29, 0.717) is 0 Å². The second-order valence-electron chi connectivity index (χ2n) is 4.07. The second kappa shape index (κ2) is 4.63. The molecule has 0 fully saturated rings. The Bertz CT molecular complexity index is 690. The summed E-state index contributed by atoms with van der Waals surface area (Å²) in [6.07, 6.45) is 0. The maximum atomic E-state index is 5.87. The van der Waals surface area contributed by atoms with Crippen molar-refractivity contribution >= 4 is 39.7 Å². The normalized spacial score (nSPS) is 10.9. The average molecular weight is 272 g/mol. The summed E-state index contributed by atoms with van der Waals surface area (Å²) in [5.74, 6) is 0. The van der Waals surface area contributed by atoms with Gasteiger partial charge in [-0.15, -0.1) is 11.3 Å². The van der Waals surface area contributed by atoms with Gasteiger partial charge in [-0.3, -0.25) is 4.98 Å². The molecule has 18 heavy (non-hydrogen) atoms. The van der Waals surface area contributed by atoms with Crippen LogP contribution in [0.2, 0.25) is 0 Å². The molecule has 0 saturated heterocycles. The van der Waals surface area contributed by atoms with Crippen LogP contribution in [0.15, 0.2) is 50.9 Å². The molecule has 2 aromatic heterocycles. The number of aryl methyl sites for hydroxylation is 1. The number of pyridine rings is 1. The molecule has 0 atom stereocenters. The number of hydrogen-bond acceptors (Lipinski definition) is 4. The van der Waals surface area contributed by atoms with Gasteiger partial charge >= 0.3 is 0 Å². The number of fused-ring (bicyclic) bond motifs is 1. The summed E-state index contributed by atoms with van der Waals surface area (Å²) in [6, 6.07) is 12.2. The first-order valence-corrected chi connectivity index (χ1v) is 7.30. The molecule has 0 radical (unpaired) electrons. The Hall–Kier alpha value is -1.52. The zero-order valence-corrected chi connectivity index (χ0v) is 11.5. The molecule has 0 unspecified atom stereocenters. The third kappa shape index (κ3) is 2.21. The van der Waals surface area contributed by atoms with E-state index in [1.807, 2.05) is 25.1 Å². The van der Waals surface area contributed by atoms with Gasteiger partial charge in [-0.2, -0.15) is 0 Å². The van der Waals surface area contributed by atoms with E-state index in [9.17, 15) is 0 Å². The molecule has 0 aliphatic carbocycles. The molecule has 0 amide bonds. The average Bonchev–Trinajstić information content (AvgIpc) is 2.83. The second-order valence-corrected chi connectivity index (χ2v) is 6.36. The Balaban J connectivity index is 2.17. The van der Waals surface area contributed by atoms with E-state index in [4.69, 9.17) is 5.73 Å². The lowest BCUT2D eigenvalue weighted by Crippen LogP contribution is -1.89. The molecule has 0 aliphatic heterocycles. The third-order valence-electron chi connectivity index (χ3n) is 2.63. The molecule has 0 bridgehead atoms. The van der Waals surface area contributed by atoms with Crippen molar-refractivity contribution in [1.29, 1.82) is 0 Å². The largest absolute Gasteiger partial charge is 0.399 e. The summed E-state index contributed by atoms with van der Waals surface area (Å²) < 4.78 is 1.28. The van der Waals surface area contributed by atoms with Gasteiger partial charge in [0.1, 0.15) is 0 Å². The van der Waals surface area contributed by atoms with Crippen molar-refractivity contribution in [3.8, 4) is 0 Å². The highest BCUT2D eigenvalue weighted by atomic mass is 32.2. The fourth-order valence-corrected chi connectivity index (χ4v) is 3.80. The van der Waals surface area contributed by atoms with Crippen molar-refractivity contribution in [1.82, 2.24) is 4.98 Å². The van der Waals surface area contributed by atoms with E-state index in [-0.39, 0.29) is 0 Å². The Morgan fingerprint density at radius 3 is 2.89 bits per heavy atom. The van der Waals surface area contributed by atoms with Crippen LogP contribution in [0.1, 0.15) is 5.69 Å². The van der Waals surface area contributed by atoms with Crippen LogP contribution in [-0.4, -0.2) is 4.98 Å². The van der Waals surface area contributed by atoms with Crippen LogP contribution in [0.4, 0.5) is 5.69 Å². The molecule has 2 heterocycles. The van der Waals surface area contributed by atoms with Gasteiger partial charge in [0.2, 0.25) is 0 Å². The van der Waals surface area contributed by atoms with Crippen LogP contribution in [-0.2, 0) is 0 Å². The number of nitrogen functional groups attached to an aromatic ring is 1. The molecule has 2 N–H and O–H groups in total. The monoisotopic (exact) mass is 272 g/mol. The highest BCUT2D eigenvalue weighted by molar-refractivity contribution is 8.01. The van der Waals surface area contributed by atoms with E-state index in [0.717, 1.165) is 22.3 Å². The first-order valence-electron chi connectivity index (χ1n) is 5.60. The van der Waals surface area contributed by atoms with Gasteiger partial charge in [-0.1, -0.05) is 17.8 Å². The van der Waals surface area contributed by atoms with Crippen LogP contribution >= 0.6 is 23.1 Å². The maximum Gasteiger partial charge on any atom is 0.0718 e. The molecule has 1 aromatic carbocycles. The van der Waals surface area contributed by atoms with Crippen LogP contribution in [0.25, 0.3) is 10.9 Å². The third-order valence-corrected chi connectivity index (χ3v) is 4.72. The number of aromatic nitrogens is 1. The Morgan fingerprint density at radius 2 is 2.11 bits per heavy atom. The van der Waals surface area contributed by atoms with Gasteiger partial charge in [0.25, 0.3) is 0 Å². The van der Waals surface area contributed by atoms with Crippen LogP contribution in [0, 0.1) is 6.92 Å². The van der Waals surface area contributed by atoms with Crippen LogP contribution in [0.5, 0.6) is 0 Å². The van der Waals surface area contributed by atoms with Gasteiger partial charge < -0.3 is 5.73 Å². The molecule has 3 rings (SSSR count). The summed E-state index contributed by atoms with van der Waals surface area (Å²) in [4.78, 5) is 5.76. The lowest BCUT2D eigenvalue weighted by Gasteiger charge is -2.07. The zero-order chi connectivity index (χ0) is 12.5. The van der Waals surface area contributed by atoms with Gasteiger partial charge in [-0.25, -0.2) is 0 Å². The SMILES string of the molecule is Cc1cc(Sc2cccs2)c2cc(N)ccc2n1. The standard InChI is InChI=1S/C14H12N2S2/c1-9-7-13(18-14-3-2-6-17-14)11-8-10(15)4-5-12(11)16-9/h2-8H,15H2,1H3. The Labute approximate surface area is 114 Å². The molecule has 0 aliphatic rings. The van der Waals surface area contributed by atoms with E-state index < -0.39 is 0 Å². The minimum absolute atomic E-state index is 0.779. The van der Waals surface area contributed by atoms with Crippen molar-refractivity contribution < 1.29 is 0 Å². The fraction of sp³-hybridized carbons (Fsp3) is 0.0714. The summed E-state index contributed by atoms with van der Waals surface area (Å²) >= 11 is 3.52. The molecule has 0 spiro atoms. The summed E-state index contributed by atoms with van der Waals surface area (Å²) in [5, 5.41) is 3.21. The lowest BCUT2D eigenvalue weighted by atomic mass is 10.2. The number of nitrogens with zero attached hydrogens (tertiary/aromatic N) is 1. The number of rotatable bonds is 2. The van der Waals surface area contributed by atoms with E-state index in [1.54, 1.807) is 23.1 Å². The number of thiophene rings is 1. The number of anilines is 1. The number of nitrogens with two attached hydrogens (primary N) is 1. The summed E-state index contributed by atoms with van der Waals surface area (Å²) in [6.45, 7) is 2.02. The van der Waals surface area contributed by atoms with Crippen molar-refractivity contribution in [2.24, 2.45) is 0 Å². The van der Waals surface area contributed by atoms with Gasteiger partial charge in [0.15, 0.2) is 0 Å². The van der Waals surface area contributed by atoms with Gasteiger partial charge in [0.05, 0.1) is 9.73 Å². The Kier molecular flexibility index (Phi) is 2.97. The van der Waals surface area contributed by atoms with Crippen LogP contribution in [0.3, 0.4) is 0 Å². The summed E-state index contributed by atoms with van der Waals surface area (Å²) in [5.41, 5.74) is 8.69. The number of hydrogen-bond donors (Lipinski definition) is 1. The van der Waals surface area contributed by atoms with Crippen molar-refractivity contribution in [2.45, 2.75) is 16.0 Å². The highest BCUT2D eigenvalue weighted by Gasteiger charge is 2.07. The zero-order valence-electron chi connectivity index (χ0n) is 9.88. The molecule has 0 saturated carbocycles. The molecule has 90 valence electrons. The lowest BCUT2D eigenvalue weighted by molar-refractivity contribution is 1.22. The molecular weight excluding hydrogens is 260 g/mol. The first-order chi connectivity index (χ1) is 8.72. The smallest absolute Gasteiger partial charge is 0.0718 e. The van der Waals surface area contributed by atoms with Crippen molar-refractivity contribution in [2.75, 3.05) is 5.73 Å². The van der Waals surface area contributed by atoms with E-state index in [1.165, 1.54) is 9.10 Å². The predicted octanol–water partition coefficient (Wildman–Crippen LogP) is 4.34. The minimum atomic E-state index is 0.779. The van der Waals surface area contributed by atoms with Crippen LogP contribution < -0.4 is 5.73 Å². The Morgan fingerprint density at radius 1 is 1.22 bits per heavy atom. The number of benzene rings is 1. The predicted molar refractivity (Wildman–Crippen MR) is 79.3 cm³/mol. The van der Waals surface area contributed by atoms with E-state index in [2.05, 4.69) is 28.6 Å². The summed E-state index contributed by atoms with van der Waals surface area (Å²) in [7, 11) is 0. The molecule has 4 heteroatoms. The quantitative estimate of drug-likeness (QED) is 0.705. The molecular formula is C14H12N2S2. The highest BCUT2D eigenvalue weighted by Crippen LogP contribution is 2.36. The minimum Gasteiger partial charge on any atom is -0.399 e. The maximum absolute atomic E-state index is 5.87. The van der Waals surface area contributed by atoms with Gasteiger partial charge in [-0.05, 0) is 42.6 Å². The fourth-order valence-electron chi connectivity index (χ4n) is 1.85. The van der Waals surface area contributed by atoms with Crippen molar-refractivity contribution in [3.05, 3.63) is 47.5 Å². The topological polar surface area (TPSA) is 38.9 Å². The molecule has 2 nitrogen and oxygen atoms in total. The van der Waals surface area contributed by atoms with Gasteiger partial charge in [0, 0.05) is 21.7 Å². The first kappa shape index (κ1) is 11.6. The van der Waals surface area contributed by atoms with Crippen molar-refractivity contribution in [3.63, 3.8) is 0 Å². The van der Waals surface area contributed by atoms with E-state index >= 15 is 0 Å².